The van der Waals surface area contributed by atoms with Crippen molar-refractivity contribution in [3.05, 3.63) is 50.9 Å². The van der Waals surface area contributed by atoms with Gasteiger partial charge in [-0.1, -0.05) is 6.07 Å². The zero-order valence-electron chi connectivity index (χ0n) is 9.02. The van der Waals surface area contributed by atoms with Gasteiger partial charge in [0, 0.05) is 23.8 Å². The van der Waals surface area contributed by atoms with Crippen LogP contribution in [0.3, 0.4) is 0 Å². The van der Waals surface area contributed by atoms with E-state index in [1.165, 1.54) is 0 Å². The molecule has 1 N–H and O–H groups in total. The topological polar surface area (TPSA) is 42.0 Å². The van der Waals surface area contributed by atoms with Gasteiger partial charge >= 0.3 is 0 Å². The molecule has 0 saturated heterocycles. The molecule has 2 aromatic heterocycles. The van der Waals surface area contributed by atoms with Crippen LogP contribution in [0, 0.1) is 0 Å². The van der Waals surface area contributed by atoms with Gasteiger partial charge < -0.3 is 5.32 Å². The largest absolute Gasteiger partial charge is 0.352 e. The Morgan fingerprint density at radius 1 is 1.41 bits per heavy atom. The zero-order chi connectivity index (χ0) is 12.1. The molecule has 0 aliphatic rings. The summed E-state index contributed by atoms with van der Waals surface area (Å²) in [4.78, 5) is 16.7. The molecule has 5 heteroatoms. The van der Waals surface area contributed by atoms with Crippen molar-refractivity contribution < 1.29 is 4.79 Å². The molecule has 0 bridgehead atoms. The molecule has 1 amide bonds. The molecule has 0 saturated carbocycles. The first-order valence-corrected chi connectivity index (χ1v) is 6.75. The van der Waals surface area contributed by atoms with Crippen LogP contribution in [0.2, 0.25) is 0 Å². The van der Waals surface area contributed by atoms with E-state index in [0.717, 1.165) is 14.2 Å². The van der Waals surface area contributed by atoms with Gasteiger partial charge in [-0.15, -0.1) is 11.3 Å². The van der Waals surface area contributed by atoms with E-state index in [0.29, 0.717) is 13.0 Å². The van der Waals surface area contributed by atoms with Gasteiger partial charge in [0.1, 0.15) is 0 Å². The maximum atomic E-state index is 11.7. The SMILES string of the molecule is O=C(Cc1ccc(Br)s1)NCc1cccnc1. The van der Waals surface area contributed by atoms with Crippen LogP contribution in [0.25, 0.3) is 0 Å². The van der Waals surface area contributed by atoms with Gasteiger partial charge in [0.25, 0.3) is 0 Å². The second-order valence-corrected chi connectivity index (χ2v) is 6.07. The predicted octanol–water partition coefficient (Wildman–Crippen LogP) is 2.76. The lowest BCUT2D eigenvalue weighted by Crippen LogP contribution is -2.24. The Kier molecular flexibility index (Phi) is 4.28. The first-order chi connectivity index (χ1) is 8.24. The van der Waals surface area contributed by atoms with E-state index in [9.17, 15) is 4.79 Å². The number of aromatic nitrogens is 1. The van der Waals surface area contributed by atoms with Gasteiger partial charge in [-0.3, -0.25) is 9.78 Å². The van der Waals surface area contributed by atoms with Crippen LogP contribution >= 0.6 is 27.3 Å². The molecule has 2 heterocycles. The fourth-order valence-corrected chi connectivity index (χ4v) is 2.85. The van der Waals surface area contributed by atoms with Crippen LogP contribution in [0.5, 0.6) is 0 Å². The molecule has 0 aromatic carbocycles. The molecular weight excluding hydrogens is 300 g/mol. The molecule has 2 rings (SSSR count). The second-order valence-electron chi connectivity index (χ2n) is 3.52. The number of carbonyl (C=O) groups excluding carboxylic acids is 1. The quantitative estimate of drug-likeness (QED) is 0.943. The number of nitrogens with one attached hydrogen (secondary N) is 1. The van der Waals surface area contributed by atoms with Gasteiger partial charge in [-0.05, 0) is 39.7 Å². The van der Waals surface area contributed by atoms with Crippen LogP contribution in [0.1, 0.15) is 10.4 Å². The highest BCUT2D eigenvalue weighted by molar-refractivity contribution is 9.11. The number of thiophene rings is 1. The van der Waals surface area contributed by atoms with Gasteiger partial charge in [0.15, 0.2) is 0 Å². The van der Waals surface area contributed by atoms with Crippen LogP contribution in [-0.4, -0.2) is 10.9 Å². The third-order valence-electron chi connectivity index (χ3n) is 2.18. The van der Waals surface area contributed by atoms with E-state index in [-0.39, 0.29) is 5.91 Å². The Balaban J connectivity index is 1.82. The molecule has 0 atom stereocenters. The maximum Gasteiger partial charge on any atom is 0.225 e. The molecule has 0 aliphatic heterocycles. The third-order valence-corrected chi connectivity index (χ3v) is 3.80. The summed E-state index contributed by atoms with van der Waals surface area (Å²) in [5, 5.41) is 2.87. The summed E-state index contributed by atoms with van der Waals surface area (Å²) in [7, 11) is 0. The number of carbonyl (C=O) groups is 1. The number of halogens is 1. The summed E-state index contributed by atoms with van der Waals surface area (Å²) in [6.45, 7) is 0.527. The number of amides is 1. The van der Waals surface area contributed by atoms with Crippen LogP contribution in [0.4, 0.5) is 0 Å². The van der Waals surface area contributed by atoms with E-state index in [4.69, 9.17) is 0 Å². The van der Waals surface area contributed by atoms with Crippen LogP contribution in [0.15, 0.2) is 40.4 Å². The average molecular weight is 311 g/mol. The fraction of sp³-hybridized carbons (Fsp3) is 0.167. The first kappa shape index (κ1) is 12.3. The van der Waals surface area contributed by atoms with Crippen molar-refractivity contribution in [1.29, 1.82) is 0 Å². The molecule has 2 aromatic rings. The highest BCUT2D eigenvalue weighted by atomic mass is 79.9. The number of hydrogen-bond acceptors (Lipinski definition) is 3. The molecule has 0 aliphatic carbocycles. The monoisotopic (exact) mass is 310 g/mol. The molecule has 0 unspecified atom stereocenters. The Bertz CT molecular complexity index is 498. The normalized spacial score (nSPS) is 10.2. The standard InChI is InChI=1S/C12H11BrN2OS/c13-11-4-3-10(17-11)6-12(16)15-8-9-2-1-5-14-7-9/h1-5,7H,6,8H2,(H,15,16). The molecule has 88 valence electrons. The summed E-state index contributed by atoms with van der Waals surface area (Å²) in [6, 6.07) is 7.71. The summed E-state index contributed by atoms with van der Waals surface area (Å²) < 4.78 is 1.05. The molecular formula is C12H11BrN2OS. The molecule has 0 fully saturated rings. The molecule has 17 heavy (non-hydrogen) atoms. The van der Waals surface area contributed by atoms with Crippen molar-refractivity contribution in [2.75, 3.05) is 0 Å². The lowest BCUT2D eigenvalue weighted by atomic mass is 10.2. The van der Waals surface area contributed by atoms with Crippen molar-refractivity contribution in [3.8, 4) is 0 Å². The summed E-state index contributed by atoms with van der Waals surface area (Å²) in [6.07, 6.45) is 3.90. The van der Waals surface area contributed by atoms with E-state index < -0.39 is 0 Å². The Labute approximate surface area is 112 Å². The van der Waals surface area contributed by atoms with Crippen molar-refractivity contribution >= 4 is 33.2 Å². The van der Waals surface area contributed by atoms with Gasteiger partial charge in [-0.2, -0.15) is 0 Å². The lowest BCUT2D eigenvalue weighted by Gasteiger charge is -2.03. The van der Waals surface area contributed by atoms with E-state index in [1.54, 1.807) is 23.7 Å². The van der Waals surface area contributed by atoms with Gasteiger partial charge in [-0.25, -0.2) is 0 Å². The molecule has 3 nitrogen and oxygen atoms in total. The van der Waals surface area contributed by atoms with Gasteiger partial charge in [0.05, 0.1) is 10.2 Å². The fourth-order valence-electron chi connectivity index (χ4n) is 1.37. The van der Waals surface area contributed by atoms with Crippen molar-refractivity contribution in [2.24, 2.45) is 0 Å². The highest BCUT2D eigenvalue weighted by Gasteiger charge is 2.05. The Hall–Kier alpha value is -1.20. The van der Waals surface area contributed by atoms with Crippen molar-refractivity contribution in [1.82, 2.24) is 10.3 Å². The maximum absolute atomic E-state index is 11.7. The van der Waals surface area contributed by atoms with E-state index >= 15 is 0 Å². The first-order valence-electron chi connectivity index (χ1n) is 5.14. The van der Waals surface area contributed by atoms with E-state index in [2.05, 4.69) is 26.2 Å². The summed E-state index contributed by atoms with van der Waals surface area (Å²) in [5.74, 6) is 0.0307. The molecule has 0 spiro atoms. The summed E-state index contributed by atoms with van der Waals surface area (Å²) >= 11 is 4.96. The minimum absolute atomic E-state index is 0.0307. The number of rotatable bonds is 4. The van der Waals surface area contributed by atoms with Crippen molar-refractivity contribution in [2.45, 2.75) is 13.0 Å². The minimum Gasteiger partial charge on any atom is -0.352 e. The Morgan fingerprint density at radius 2 is 2.29 bits per heavy atom. The van der Waals surface area contributed by atoms with E-state index in [1.807, 2.05) is 24.3 Å². The predicted molar refractivity (Wildman–Crippen MR) is 71.8 cm³/mol. The lowest BCUT2D eigenvalue weighted by molar-refractivity contribution is -0.120. The highest BCUT2D eigenvalue weighted by Crippen LogP contribution is 2.22. The van der Waals surface area contributed by atoms with Crippen LogP contribution in [-0.2, 0) is 17.8 Å². The van der Waals surface area contributed by atoms with Gasteiger partial charge in [0.2, 0.25) is 5.91 Å². The number of hydrogen-bond donors (Lipinski definition) is 1. The second kappa shape index (κ2) is 5.93. The average Bonchev–Trinajstić information content (AvgIpc) is 2.73. The van der Waals surface area contributed by atoms with Crippen molar-refractivity contribution in [3.63, 3.8) is 0 Å². The smallest absolute Gasteiger partial charge is 0.225 e. The summed E-state index contributed by atoms with van der Waals surface area (Å²) in [5.41, 5.74) is 1.01. The zero-order valence-corrected chi connectivity index (χ0v) is 11.4. The molecule has 0 radical (unpaired) electrons. The number of nitrogens with zero attached hydrogens (tertiary/aromatic N) is 1. The van der Waals surface area contributed by atoms with Crippen LogP contribution < -0.4 is 5.32 Å². The number of pyridine rings is 1. The Morgan fingerprint density at radius 3 is 2.94 bits per heavy atom. The minimum atomic E-state index is 0.0307. The third kappa shape index (κ3) is 3.94.